The van der Waals surface area contributed by atoms with Crippen molar-refractivity contribution in [1.29, 1.82) is 0 Å². The summed E-state index contributed by atoms with van der Waals surface area (Å²) in [7, 11) is 3.49. The predicted molar refractivity (Wildman–Crippen MR) is 52.0 cm³/mol. The lowest BCUT2D eigenvalue weighted by atomic mass is 10.2. The lowest BCUT2D eigenvalue weighted by molar-refractivity contribution is -0.0235. The molecule has 0 aliphatic rings. The molecule has 0 aliphatic heterocycles. The summed E-state index contributed by atoms with van der Waals surface area (Å²) in [4.78, 5) is 5.42. The lowest BCUT2D eigenvalue weighted by Crippen LogP contribution is -2.13. The van der Waals surface area contributed by atoms with Crippen LogP contribution in [-0.2, 0) is 5.92 Å². The largest absolute Gasteiger partial charge is 0.396 e. The average molecular weight is 222 g/mol. The summed E-state index contributed by atoms with van der Waals surface area (Å²) in [5, 5.41) is 9.01. The van der Waals surface area contributed by atoms with Crippen LogP contribution in [0, 0.1) is 0 Å². The van der Waals surface area contributed by atoms with Gasteiger partial charge in [0.1, 0.15) is 0 Å². The lowest BCUT2D eigenvalue weighted by Gasteiger charge is -2.11. The second-order valence-corrected chi connectivity index (χ2v) is 4.09. The smallest absolute Gasteiger partial charge is 0.286 e. The first-order valence-electron chi connectivity index (χ1n) is 4.09. The Morgan fingerprint density at radius 1 is 1.57 bits per heavy atom. The molecule has 0 spiro atoms. The molecule has 0 bridgehead atoms. The van der Waals surface area contributed by atoms with E-state index in [2.05, 4.69) is 4.98 Å². The molecule has 0 atom stereocenters. The highest BCUT2D eigenvalue weighted by molar-refractivity contribution is 7.15. The van der Waals surface area contributed by atoms with Crippen molar-refractivity contribution in [1.82, 2.24) is 4.98 Å². The number of rotatable bonds is 4. The van der Waals surface area contributed by atoms with Crippen LogP contribution in [-0.4, -0.2) is 30.8 Å². The number of thiazole rings is 1. The van der Waals surface area contributed by atoms with Gasteiger partial charge in [0.15, 0.2) is 5.13 Å². The fourth-order valence-corrected chi connectivity index (χ4v) is 1.75. The molecule has 0 saturated carbocycles. The van der Waals surface area contributed by atoms with Gasteiger partial charge in [0.2, 0.25) is 0 Å². The van der Waals surface area contributed by atoms with Crippen molar-refractivity contribution in [3.8, 4) is 0 Å². The molecule has 1 N–H and O–H groups in total. The normalized spacial score (nSPS) is 11.8. The van der Waals surface area contributed by atoms with Gasteiger partial charge in [-0.05, 0) is 0 Å². The van der Waals surface area contributed by atoms with Gasteiger partial charge in [-0.3, -0.25) is 0 Å². The van der Waals surface area contributed by atoms with Crippen molar-refractivity contribution in [2.24, 2.45) is 0 Å². The molecule has 0 amide bonds. The first kappa shape index (κ1) is 11.3. The number of aliphatic hydroxyl groups is 1. The molecule has 0 aliphatic carbocycles. The highest BCUT2D eigenvalue weighted by Gasteiger charge is 2.33. The Bertz CT molecular complexity index is 301. The van der Waals surface area contributed by atoms with E-state index in [1.165, 1.54) is 0 Å². The van der Waals surface area contributed by atoms with Crippen molar-refractivity contribution in [3.05, 3.63) is 11.1 Å². The molecular weight excluding hydrogens is 210 g/mol. The summed E-state index contributed by atoms with van der Waals surface area (Å²) in [6.45, 7) is -0.526. The first-order valence-corrected chi connectivity index (χ1v) is 4.91. The van der Waals surface area contributed by atoms with Crippen molar-refractivity contribution in [2.75, 3.05) is 25.6 Å². The zero-order valence-electron chi connectivity index (χ0n) is 8.00. The predicted octanol–water partition coefficient (Wildman–Crippen LogP) is 1.68. The molecular formula is C8H12F2N2OS. The highest BCUT2D eigenvalue weighted by atomic mass is 32.1. The Labute approximate surface area is 85.0 Å². The van der Waals surface area contributed by atoms with E-state index in [0.29, 0.717) is 5.13 Å². The van der Waals surface area contributed by atoms with Gasteiger partial charge >= 0.3 is 0 Å². The van der Waals surface area contributed by atoms with Gasteiger partial charge in [-0.25, -0.2) is 13.8 Å². The van der Waals surface area contributed by atoms with E-state index >= 15 is 0 Å². The van der Waals surface area contributed by atoms with Crippen LogP contribution in [0.4, 0.5) is 13.9 Å². The van der Waals surface area contributed by atoms with E-state index in [4.69, 9.17) is 5.11 Å². The molecule has 1 heterocycles. The number of nitrogens with zero attached hydrogens (tertiary/aromatic N) is 2. The van der Waals surface area contributed by atoms with Crippen LogP contribution in [0.25, 0.3) is 0 Å². The van der Waals surface area contributed by atoms with Crippen molar-refractivity contribution in [2.45, 2.75) is 12.3 Å². The van der Waals surface area contributed by atoms with Crippen LogP contribution in [0.5, 0.6) is 0 Å². The molecule has 14 heavy (non-hydrogen) atoms. The molecule has 0 unspecified atom stereocenters. The van der Waals surface area contributed by atoms with E-state index in [1.54, 1.807) is 19.0 Å². The fourth-order valence-electron chi connectivity index (χ4n) is 0.904. The number of aliphatic hydroxyl groups excluding tert-OH is 1. The molecule has 6 heteroatoms. The van der Waals surface area contributed by atoms with E-state index in [9.17, 15) is 8.78 Å². The van der Waals surface area contributed by atoms with Gasteiger partial charge in [0, 0.05) is 33.3 Å². The average Bonchev–Trinajstić information content (AvgIpc) is 2.51. The summed E-state index contributed by atoms with van der Waals surface area (Å²) in [5.41, 5.74) is 0. The number of aromatic nitrogens is 1. The Kier molecular flexibility index (Phi) is 3.38. The summed E-state index contributed by atoms with van der Waals surface area (Å²) in [6, 6.07) is 0. The molecule has 80 valence electrons. The van der Waals surface area contributed by atoms with Gasteiger partial charge in [-0.2, -0.15) is 0 Å². The summed E-state index contributed by atoms with van der Waals surface area (Å²) in [5.74, 6) is -2.97. The Balaban J connectivity index is 2.85. The standard InChI is InChI=1S/C8H12F2N2OS/c1-12(2)7-11-5-6(14-7)8(9,10)3-4-13/h5,13H,3-4H2,1-2H3. The summed E-state index contributed by atoms with van der Waals surface area (Å²) >= 11 is 0.942. The minimum absolute atomic E-state index is 0.102. The maximum atomic E-state index is 13.2. The van der Waals surface area contributed by atoms with Crippen LogP contribution < -0.4 is 4.90 Å². The van der Waals surface area contributed by atoms with Crippen molar-refractivity contribution >= 4 is 16.5 Å². The highest BCUT2D eigenvalue weighted by Crippen LogP contribution is 2.37. The maximum absolute atomic E-state index is 13.2. The number of hydrogen-bond donors (Lipinski definition) is 1. The Hall–Kier alpha value is -0.750. The van der Waals surface area contributed by atoms with E-state index in [0.717, 1.165) is 17.5 Å². The van der Waals surface area contributed by atoms with Gasteiger partial charge in [-0.1, -0.05) is 11.3 Å². The Morgan fingerprint density at radius 2 is 2.21 bits per heavy atom. The van der Waals surface area contributed by atoms with E-state index < -0.39 is 19.0 Å². The maximum Gasteiger partial charge on any atom is 0.286 e. The van der Waals surface area contributed by atoms with Crippen LogP contribution in [0.3, 0.4) is 0 Å². The van der Waals surface area contributed by atoms with Crippen LogP contribution in [0.15, 0.2) is 6.20 Å². The zero-order valence-corrected chi connectivity index (χ0v) is 8.81. The second kappa shape index (κ2) is 4.18. The van der Waals surface area contributed by atoms with Gasteiger partial charge in [-0.15, -0.1) is 0 Å². The fraction of sp³-hybridized carbons (Fsp3) is 0.625. The monoisotopic (exact) mass is 222 g/mol. The van der Waals surface area contributed by atoms with Gasteiger partial charge in [0.05, 0.1) is 4.88 Å². The van der Waals surface area contributed by atoms with Crippen molar-refractivity contribution < 1.29 is 13.9 Å². The number of anilines is 1. The molecule has 1 aromatic rings. The molecule has 0 radical (unpaired) electrons. The summed E-state index contributed by atoms with van der Waals surface area (Å²) < 4.78 is 26.4. The van der Waals surface area contributed by atoms with Gasteiger partial charge < -0.3 is 10.0 Å². The minimum atomic E-state index is -2.97. The first-order chi connectivity index (χ1) is 6.47. The minimum Gasteiger partial charge on any atom is -0.396 e. The molecule has 0 saturated heterocycles. The third-order valence-electron chi connectivity index (χ3n) is 1.66. The molecule has 1 aromatic heterocycles. The molecule has 3 nitrogen and oxygen atoms in total. The SMILES string of the molecule is CN(C)c1ncc(C(F)(F)CCO)s1. The van der Waals surface area contributed by atoms with Gasteiger partial charge in [0.25, 0.3) is 5.92 Å². The number of halogens is 2. The third-order valence-corrected chi connectivity index (χ3v) is 2.94. The second-order valence-electron chi connectivity index (χ2n) is 3.08. The zero-order chi connectivity index (χ0) is 10.8. The molecule has 0 fully saturated rings. The van der Waals surface area contributed by atoms with Crippen LogP contribution in [0.1, 0.15) is 11.3 Å². The molecule has 1 rings (SSSR count). The third kappa shape index (κ3) is 2.39. The molecule has 0 aromatic carbocycles. The topological polar surface area (TPSA) is 36.4 Å². The quantitative estimate of drug-likeness (QED) is 0.842. The van der Waals surface area contributed by atoms with Crippen LogP contribution in [0.2, 0.25) is 0 Å². The van der Waals surface area contributed by atoms with E-state index in [-0.39, 0.29) is 4.88 Å². The van der Waals surface area contributed by atoms with Crippen molar-refractivity contribution in [3.63, 3.8) is 0 Å². The Morgan fingerprint density at radius 3 is 2.64 bits per heavy atom. The summed E-state index contributed by atoms with van der Waals surface area (Å²) in [6.07, 6.45) is 0.609. The number of alkyl halides is 2. The van der Waals surface area contributed by atoms with E-state index in [1.807, 2.05) is 0 Å². The van der Waals surface area contributed by atoms with Crippen LogP contribution >= 0.6 is 11.3 Å². The number of hydrogen-bond acceptors (Lipinski definition) is 4.